The fraction of sp³-hybridized carbons (Fsp3) is 0.333. The predicted octanol–water partition coefficient (Wildman–Crippen LogP) is 2.46. The third-order valence-electron chi connectivity index (χ3n) is 2.75. The summed E-state index contributed by atoms with van der Waals surface area (Å²) in [6, 6.07) is 0. The van der Waals surface area contributed by atoms with Crippen molar-refractivity contribution in [3.8, 4) is 5.69 Å². The Balaban J connectivity index is 2.51. The molecule has 0 saturated carbocycles. The highest BCUT2D eigenvalue weighted by Gasteiger charge is 2.28. The van der Waals surface area contributed by atoms with Crippen LogP contribution in [0.25, 0.3) is 5.69 Å². The molecule has 21 heavy (non-hydrogen) atoms. The van der Waals surface area contributed by atoms with E-state index in [0.717, 1.165) is 6.42 Å². The maximum Gasteiger partial charge on any atom is 0.200 e. The van der Waals surface area contributed by atoms with E-state index in [2.05, 4.69) is 15.6 Å². The van der Waals surface area contributed by atoms with Crippen LogP contribution in [-0.4, -0.2) is 21.5 Å². The Morgan fingerprint density at radius 3 is 2.14 bits per heavy atom. The first-order chi connectivity index (χ1) is 9.99. The van der Waals surface area contributed by atoms with Gasteiger partial charge in [-0.25, -0.2) is 26.6 Å². The summed E-state index contributed by atoms with van der Waals surface area (Å²) in [5.74, 6) is -10.2. The van der Waals surface area contributed by atoms with Crippen molar-refractivity contribution in [2.45, 2.75) is 19.9 Å². The number of aromatic nitrogens is 3. The molecule has 0 atom stereocenters. The molecule has 0 spiro atoms. The largest absolute Gasteiger partial charge is 0.311 e. The molecule has 2 rings (SSSR count). The third-order valence-corrected chi connectivity index (χ3v) is 2.75. The van der Waals surface area contributed by atoms with Gasteiger partial charge in [-0.05, 0) is 13.0 Å². The van der Waals surface area contributed by atoms with Gasteiger partial charge in [-0.2, -0.15) is 0 Å². The van der Waals surface area contributed by atoms with E-state index in [-0.39, 0.29) is 12.2 Å². The lowest BCUT2D eigenvalue weighted by Gasteiger charge is -2.10. The van der Waals surface area contributed by atoms with Crippen molar-refractivity contribution in [1.82, 2.24) is 20.3 Å². The minimum absolute atomic E-state index is 0.125. The lowest BCUT2D eigenvalue weighted by atomic mass is 10.2. The molecule has 0 fully saturated rings. The minimum Gasteiger partial charge on any atom is -0.311 e. The molecule has 9 heteroatoms. The number of benzene rings is 1. The average molecular weight is 306 g/mol. The summed E-state index contributed by atoms with van der Waals surface area (Å²) in [4.78, 5) is 0. The molecule has 0 aliphatic carbocycles. The maximum absolute atomic E-state index is 13.7. The average Bonchev–Trinajstić information content (AvgIpc) is 2.92. The van der Waals surface area contributed by atoms with Gasteiger partial charge in [0.1, 0.15) is 5.69 Å². The first-order valence-electron chi connectivity index (χ1n) is 6.11. The molecule has 1 N–H and O–H groups in total. The predicted molar refractivity (Wildman–Crippen MR) is 63.1 cm³/mol. The van der Waals surface area contributed by atoms with Crippen molar-refractivity contribution in [1.29, 1.82) is 0 Å². The van der Waals surface area contributed by atoms with Gasteiger partial charge in [-0.3, -0.25) is 0 Å². The molecule has 1 heterocycles. The molecule has 4 nitrogen and oxygen atoms in total. The highest BCUT2D eigenvalue weighted by atomic mass is 19.2. The van der Waals surface area contributed by atoms with Gasteiger partial charge in [-0.1, -0.05) is 12.1 Å². The highest BCUT2D eigenvalue weighted by Crippen LogP contribution is 2.26. The molecule has 0 saturated heterocycles. The zero-order valence-corrected chi connectivity index (χ0v) is 10.9. The van der Waals surface area contributed by atoms with Crippen LogP contribution in [0.2, 0.25) is 0 Å². The summed E-state index contributed by atoms with van der Waals surface area (Å²) in [5.41, 5.74) is -0.969. The summed E-state index contributed by atoms with van der Waals surface area (Å²) in [5, 5.41) is 9.75. The van der Waals surface area contributed by atoms with E-state index in [0.29, 0.717) is 11.2 Å². The van der Waals surface area contributed by atoms with E-state index in [1.165, 1.54) is 6.20 Å². The van der Waals surface area contributed by atoms with Gasteiger partial charge in [0.15, 0.2) is 23.3 Å². The Kier molecular flexibility index (Phi) is 4.51. The molecule has 0 amide bonds. The second-order valence-electron chi connectivity index (χ2n) is 4.23. The summed E-state index contributed by atoms with van der Waals surface area (Å²) in [6.45, 7) is 2.65. The molecule has 0 radical (unpaired) electrons. The molecule has 2 aromatic rings. The van der Waals surface area contributed by atoms with Crippen molar-refractivity contribution >= 4 is 0 Å². The Morgan fingerprint density at radius 2 is 1.57 bits per heavy atom. The van der Waals surface area contributed by atoms with Crippen molar-refractivity contribution in [2.75, 3.05) is 6.54 Å². The lowest BCUT2D eigenvalue weighted by molar-refractivity contribution is 0.372. The van der Waals surface area contributed by atoms with Crippen molar-refractivity contribution in [3.05, 3.63) is 41.0 Å². The van der Waals surface area contributed by atoms with Gasteiger partial charge >= 0.3 is 0 Å². The molecular formula is C12H11F5N4. The smallest absolute Gasteiger partial charge is 0.200 e. The van der Waals surface area contributed by atoms with Crippen LogP contribution >= 0.6 is 0 Å². The Bertz CT molecular complexity index is 626. The van der Waals surface area contributed by atoms with Gasteiger partial charge in [0.05, 0.1) is 11.9 Å². The maximum atomic E-state index is 13.7. The summed E-state index contributed by atoms with van der Waals surface area (Å²) < 4.78 is 67.4. The van der Waals surface area contributed by atoms with Gasteiger partial charge in [-0.15, -0.1) is 5.10 Å². The van der Waals surface area contributed by atoms with E-state index >= 15 is 0 Å². The fourth-order valence-electron chi connectivity index (χ4n) is 1.74. The second-order valence-corrected chi connectivity index (χ2v) is 4.23. The highest BCUT2D eigenvalue weighted by molar-refractivity contribution is 5.37. The first kappa shape index (κ1) is 15.4. The number of halogens is 5. The third kappa shape index (κ3) is 2.73. The van der Waals surface area contributed by atoms with E-state index in [1.807, 2.05) is 6.92 Å². The van der Waals surface area contributed by atoms with E-state index in [9.17, 15) is 22.0 Å². The molecule has 114 valence electrons. The number of nitrogens with zero attached hydrogens (tertiary/aromatic N) is 3. The normalized spacial score (nSPS) is 11.1. The molecule has 0 aliphatic heterocycles. The van der Waals surface area contributed by atoms with Crippen molar-refractivity contribution < 1.29 is 22.0 Å². The number of rotatable bonds is 5. The van der Waals surface area contributed by atoms with Crippen molar-refractivity contribution in [2.24, 2.45) is 0 Å². The Morgan fingerprint density at radius 1 is 1.00 bits per heavy atom. The van der Waals surface area contributed by atoms with Gasteiger partial charge < -0.3 is 5.32 Å². The zero-order valence-electron chi connectivity index (χ0n) is 10.9. The van der Waals surface area contributed by atoms with E-state index < -0.39 is 34.8 Å². The van der Waals surface area contributed by atoms with Gasteiger partial charge in [0, 0.05) is 6.54 Å². The monoisotopic (exact) mass is 306 g/mol. The van der Waals surface area contributed by atoms with Crippen LogP contribution in [0.15, 0.2) is 6.20 Å². The molecule has 0 aliphatic rings. The molecule has 0 unspecified atom stereocenters. The standard InChI is InChI=1S/C12H11F5N4/c1-2-3-18-4-6-5-19-20-21(6)12-10(16)8(14)7(13)9(15)11(12)17/h5,18H,2-4H2,1H3. The van der Waals surface area contributed by atoms with Gasteiger partial charge in [0.2, 0.25) is 5.82 Å². The Hall–Kier alpha value is -2.03. The van der Waals surface area contributed by atoms with Crippen LogP contribution < -0.4 is 5.32 Å². The Labute approximate surface area is 116 Å². The molecule has 1 aromatic heterocycles. The number of hydrogen-bond donors (Lipinski definition) is 1. The zero-order chi connectivity index (χ0) is 15.6. The second kappa shape index (κ2) is 6.17. The summed E-state index contributed by atoms with van der Waals surface area (Å²) in [6.07, 6.45) is 1.99. The quantitative estimate of drug-likeness (QED) is 0.399. The van der Waals surface area contributed by atoms with Crippen LogP contribution in [-0.2, 0) is 6.54 Å². The van der Waals surface area contributed by atoms with Crippen LogP contribution in [0, 0.1) is 29.1 Å². The molecular weight excluding hydrogens is 295 g/mol. The van der Waals surface area contributed by atoms with Crippen LogP contribution in [0.5, 0.6) is 0 Å². The van der Waals surface area contributed by atoms with Crippen LogP contribution in [0.4, 0.5) is 22.0 Å². The van der Waals surface area contributed by atoms with Crippen molar-refractivity contribution in [3.63, 3.8) is 0 Å². The number of hydrogen-bond acceptors (Lipinski definition) is 3. The fourth-order valence-corrected chi connectivity index (χ4v) is 1.74. The van der Waals surface area contributed by atoms with E-state index in [4.69, 9.17) is 0 Å². The molecule has 1 aromatic carbocycles. The number of nitrogens with one attached hydrogen (secondary N) is 1. The van der Waals surface area contributed by atoms with Gasteiger partial charge in [0.25, 0.3) is 0 Å². The van der Waals surface area contributed by atoms with Crippen LogP contribution in [0.3, 0.4) is 0 Å². The summed E-state index contributed by atoms with van der Waals surface area (Å²) >= 11 is 0. The lowest BCUT2D eigenvalue weighted by Crippen LogP contribution is -2.19. The topological polar surface area (TPSA) is 42.7 Å². The molecule has 0 bridgehead atoms. The SMILES string of the molecule is CCCNCc1cnnn1-c1c(F)c(F)c(F)c(F)c1F. The van der Waals surface area contributed by atoms with Crippen LogP contribution in [0.1, 0.15) is 19.0 Å². The minimum atomic E-state index is -2.21. The summed E-state index contributed by atoms with van der Waals surface area (Å²) in [7, 11) is 0. The first-order valence-corrected chi connectivity index (χ1v) is 6.11. The van der Waals surface area contributed by atoms with E-state index in [1.54, 1.807) is 0 Å².